The number of pyridine rings is 1. The molecule has 2 aromatic heterocycles. The van der Waals surface area contributed by atoms with E-state index in [0.29, 0.717) is 35.9 Å². The number of carbonyl (C=O) groups is 1. The molecule has 1 N–H and O–H groups in total. The topological polar surface area (TPSA) is 140 Å². The number of nitrogens with zero attached hydrogens (tertiary/aromatic N) is 5. The number of carbonyl (C=O) groups excluding carboxylic acids is 1. The third-order valence-electron chi connectivity index (χ3n) is 6.08. The molecule has 2 aliphatic carbocycles. The molecule has 1 atom stereocenters. The third kappa shape index (κ3) is 5.29. The Morgan fingerprint density at radius 3 is 2.57 bits per heavy atom. The van der Waals surface area contributed by atoms with Gasteiger partial charge in [0, 0.05) is 17.7 Å². The summed E-state index contributed by atoms with van der Waals surface area (Å²) in [5.74, 6) is 0.468. The SMILES string of the molecule is C[C@H](NC(=O)c1cc(OC(F)F)cc(S(=O)(=O)C2CC2)c1)c1nc(C2CC2)nn1-c1ccc(C#N)cn1. The number of nitriles is 1. The molecule has 0 aliphatic heterocycles. The summed E-state index contributed by atoms with van der Waals surface area (Å²) in [5.41, 5.74) is 0.228. The molecule has 0 spiro atoms. The van der Waals surface area contributed by atoms with Gasteiger partial charge in [0.15, 0.2) is 27.3 Å². The smallest absolute Gasteiger partial charge is 0.387 e. The van der Waals surface area contributed by atoms with Crippen molar-refractivity contribution in [3.05, 3.63) is 59.3 Å². The lowest BCUT2D eigenvalue weighted by Gasteiger charge is -2.16. The molecule has 3 aromatic rings. The van der Waals surface area contributed by atoms with E-state index >= 15 is 0 Å². The summed E-state index contributed by atoms with van der Waals surface area (Å²) < 4.78 is 57.2. The van der Waals surface area contributed by atoms with E-state index < -0.39 is 39.4 Å². The highest BCUT2D eigenvalue weighted by molar-refractivity contribution is 7.92. The second-order valence-electron chi connectivity index (χ2n) is 9.04. The van der Waals surface area contributed by atoms with Crippen LogP contribution in [0.3, 0.4) is 0 Å². The standard InChI is InChI=1S/C24H22F2N6O4S/c1-13(22-30-21(15-3-4-15)31-32(22)20-7-2-14(11-27)12-28-20)29-23(33)16-8-17(36-24(25)26)10-19(9-16)37(34,35)18-5-6-18/h2,7-10,12-13,15,18,24H,3-6H2,1H3,(H,29,33)/t13-/m0/s1. The number of nitrogens with one attached hydrogen (secondary N) is 1. The maximum absolute atomic E-state index is 13.2. The highest BCUT2D eigenvalue weighted by Crippen LogP contribution is 2.39. The number of rotatable bonds is 9. The number of sulfone groups is 1. The average molecular weight is 529 g/mol. The number of ether oxygens (including phenoxy) is 1. The number of halogens is 2. The van der Waals surface area contributed by atoms with Crippen LogP contribution in [0.25, 0.3) is 5.82 Å². The van der Waals surface area contributed by atoms with Gasteiger partial charge in [-0.1, -0.05) is 0 Å². The number of hydrogen-bond donors (Lipinski definition) is 1. The van der Waals surface area contributed by atoms with Gasteiger partial charge in [-0.15, -0.1) is 5.10 Å². The molecular weight excluding hydrogens is 506 g/mol. The molecule has 2 fully saturated rings. The Hall–Kier alpha value is -3.92. The Labute approximate surface area is 211 Å². The van der Waals surface area contributed by atoms with Gasteiger partial charge >= 0.3 is 6.61 Å². The third-order valence-corrected chi connectivity index (χ3v) is 8.32. The van der Waals surface area contributed by atoms with Crippen molar-refractivity contribution in [1.82, 2.24) is 25.1 Å². The summed E-state index contributed by atoms with van der Waals surface area (Å²) >= 11 is 0. The Bertz CT molecular complexity index is 1490. The molecule has 2 saturated carbocycles. The molecule has 0 saturated heterocycles. The first-order chi connectivity index (χ1) is 17.7. The van der Waals surface area contributed by atoms with Gasteiger partial charge in [-0.3, -0.25) is 4.79 Å². The Kier molecular flexibility index (Phi) is 6.36. The van der Waals surface area contributed by atoms with Crippen LogP contribution in [0.2, 0.25) is 0 Å². The van der Waals surface area contributed by atoms with Gasteiger partial charge in [-0.25, -0.2) is 18.4 Å². The molecule has 1 amide bonds. The monoisotopic (exact) mass is 528 g/mol. The highest BCUT2D eigenvalue weighted by atomic mass is 32.2. The van der Waals surface area contributed by atoms with Crippen molar-refractivity contribution in [3.8, 4) is 17.6 Å². The van der Waals surface area contributed by atoms with E-state index in [-0.39, 0.29) is 16.4 Å². The van der Waals surface area contributed by atoms with Crippen LogP contribution in [0.15, 0.2) is 41.4 Å². The number of aromatic nitrogens is 4. The Morgan fingerprint density at radius 2 is 1.97 bits per heavy atom. The minimum Gasteiger partial charge on any atom is -0.435 e. The largest absolute Gasteiger partial charge is 0.435 e. The van der Waals surface area contributed by atoms with E-state index in [9.17, 15) is 22.0 Å². The summed E-state index contributed by atoms with van der Waals surface area (Å²) in [6, 6.07) is 7.73. The van der Waals surface area contributed by atoms with Gasteiger partial charge < -0.3 is 10.1 Å². The molecule has 37 heavy (non-hydrogen) atoms. The average Bonchev–Trinajstić information content (AvgIpc) is 3.80. The highest BCUT2D eigenvalue weighted by Gasteiger charge is 2.38. The van der Waals surface area contributed by atoms with Gasteiger partial charge in [0.05, 0.1) is 21.8 Å². The summed E-state index contributed by atoms with van der Waals surface area (Å²) in [6.07, 6.45) is 4.24. The van der Waals surface area contributed by atoms with Crippen molar-refractivity contribution < 1.29 is 26.7 Å². The molecule has 1 aromatic carbocycles. The van der Waals surface area contributed by atoms with Gasteiger partial charge in [0.25, 0.3) is 5.91 Å². The molecule has 0 unspecified atom stereocenters. The van der Waals surface area contributed by atoms with Gasteiger partial charge in [0.2, 0.25) is 0 Å². The molecular formula is C24H22F2N6O4S. The van der Waals surface area contributed by atoms with E-state index in [1.165, 1.54) is 10.9 Å². The summed E-state index contributed by atoms with van der Waals surface area (Å²) in [4.78, 5) is 21.8. The lowest BCUT2D eigenvalue weighted by Crippen LogP contribution is -2.29. The molecule has 2 heterocycles. The zero-order valence-corrected chi connectivity index (χ0v) is 20.5. The van der Waals surface area contributed by atoms with Crippen LogP contribution >= 0.6 is 0 Å². The molecule has 13 heteroatoms. The predicted octanol–water partition coefficient (Wildman–Crippen LogP) is 3.44. The number of amides is 1. The molecule has 0 bridgehead atoms. The Morgan fingerprint density at radius 1 is 1.22 bits per heavy atom. The van der Waals surface area contributed by atoms with Crippen LogP contribution in [0.1, 0.15) is 72.1 Å². The second kappa shape index (κ2) is 9.51. The van der Waals surface area contributed by atoms with Gasteiger partial charge in [-0.2, -0.15) is 18.7 Å². The van der Waals surface area contributed by atoms with Crippen LogP contribution in [-0.4, -0.2) is 45.9 Å². The minimum atomic E-state index is -3.77. The zero-order valence-electron chi connectivity index (χ0n) is 19.6. The van der Waals surface area contributed by atoms with Gasteiger partial charge in [-0.05, 0) is 62.9 Å². The van der Waals surface area contributed by atoms with Crippen molar-refractivity contribution in [1.29, 1.82) is 5.26 Å². The van der Waals surface area contributed by atoms with Crippen LogP contribution in [0, 0.1) is 11.3 Å². The first-order valence-electron chi connectivity index (χ1n) is 11.6. The summed E-state index contributed by atoms with van der Waals surface area (Å²) in [6.45, 7) is -1.52. The number of hydrogen-bond acceptors (Lipinski definition) is 8. The molecule has 0 radical (unpaired) electrons. The maximum Gasteiger partial charge on any atom is 0.387 e. The van der Waals surface area contributed by atoms with Crippen LogP contribution < -0.4 is 10.1 Å². The normalized spacial score (nSPS) is 16.3. The molecule has 10 nitrogen and oxygen atoms in total. The van der Waals surface area contributed by atoms with Crippen LogP contribution in [-0.2, 0) is 9.84 Å². The fraction of sp³-hybridized carbons (Fsp3) is 0.375. The quantitative estimate of drug-likeness (QED) is 0.445. The first-order valence-corrected chi connectivity index (χ1v) is 13.2. The summed E-state index contributed by atoms with van der Waals surface area (Å²) in [7, 11) is -3.77. The van der Waals surface area contributed by atoms with E-state index in [0.717, 1.165) is 31.0 Å². The zero-order chi connectivity index (χ0) is 26.3. The van der Waals surface area contributed by atoms with Crippen molar-refractivity contribution >= 4 is 15.7 Å². The summed E-state index contributed by atoms with van der Waals surface area (Å²) in [5, 5.41) is 15.7. The van der Waals surface area contributed by atoms with E-state index in [1.54, 1.807) is 19.1 Å². The van der Waals surface area contributed by atoms with Gasteiger partial charge in [0.1, 0.15) is 11.8 Å². The number of benzene rings is 1. The molecule has 192 valence electrons. The fourth-order valence-electron chi connectivity index (χ4n) is 3.83. The van der Waals surface area contributed by atoms with Crippen molar-refractivity contribution in [2.24, 2.45) is 0 Å². The number of alkyl halides is 2. The van der Waals surface area contributed by atoms with Crippen LogP contribution in [0.5, 0.6) is 5.75 Å². The van der Waals surface area contributed by atoms with Crippen molar-refractivity contribution in [3.63, 3.8) is 0 Å². The van der Waals surface area contributed by atoms with Crippen LogP contribution in [0.4, 0.5) is 8.78 Å². The van der Waals surface area contributed by atoms with Crippen molar-refractivity contribution in [2.45, 2.75) is 61.3 Å². The van der Waals surface area contributed by atoms with Crippen molar-refractivity contribution in [2.75, 3.05) is 0 Å². The van der Waals surface area contributed by atoms with E-state index in [2.05, 4.69) is 25.1 Å². The Balaban J connectivity index is 1.45. The maximum atomic E-state index is 13.2. The second-order valence-corrected chi connectivity index (χ2v) is 11.3. The fourth-order valence-corrected chi connectivity index (χ4v) is 5.55. The predicted molar refractivity (Wildman–Crippen MR) is 125 cm³/mol. The minimum absolute atomic E-state index is 0.144. The lowest BCUT2D eigenvalue weighted by atomic mass is 10.2. The van der Waals surface area contributed by atoms with E-state index in [1.807, 2.05) is 6.07 Å². The molecule has 5 rings (SSSR count). The first kappa shape index (κ1) is 24.8. The molecule has 2 aliphatic rings. The van der Waals surface area contributed by atoms with E-state index in [4.69, 9.17) is 5.26 Å². The lowest BCUT2D eigenvalue weighted by molar-refractivity contribution is -0.0500.